The number of carbonyl (C=O) groups is 1. The third kappa shape index (κ3) is 4.39. The average Bonchev–Trinajstić information content (AvgIpc) is 3.40. The van der Waals surface area contributed by atoms with Gasteiger partial charge in [0.1, 0.15) is 24.1 Å². The summed E-state index contributed by atoms with van der Waals surface area (Å²) in [5.41, 5.74) is 5.43. The van der Waals surface area contributed by atoms with Crippen LogP contribution in [0, 0.1) is 20.8 Å². The molecule has 3 heterocycles. The molecule has 9 nitrogen and oxygen atoms in total. The van der Waals surface area contributed by atoms with Crippen LogP contribution in [0.25, 0.3) is 21.9 Å². The van der Waals surface area contributed by atoms with Gasteiger partial charge in [-0.2, -0.15) is 4.98 Å². The van der Waals surface area contributed by atoms with Gasteiger partial charge in [-0.3, -0.25) is 14.2 Å². The lowest BCUT2D eigenvalue weighted by molar-refractivity contribution is -0.116. The summed E-state index contributed by atoms with van der Waals surface area (Å²) in [6.07, 6.45) is 3.10. The minimum Gasteiger partial charge on any atom is -0.337 e. The van der Waals surface area contributed by atoms with Crippen molar-refractivity contribution in [2.24, 2.45) is 0 Å². The van der Waals surface area contributed by atoms with E-state index in [9.17, 15) is 9.59 Å². The number of rotatable bonds is 7. The molecule has 9 heteroatoms. The van der Waals surface area contributed by atoms with E-state index in [1.54, 1.807) is 4.57 Å². The molecule has 0 saturated carbocycles. The zero-order valence-corrected chi connectivity index (χ0v) is 20.8. The van der Waals surface area contributed by atoms with Crippen molar-refractivity contribution < 1.29 is 9.32 Å². The molecule has 1 N–H and O–H groups in total. The van der Waals surface area contributed by atoms with E-state index >= 15 is 0 Å². The fourth-order valence-electron chi connectivity index (χ4n) is 4.38. The van der Waals surface area contributed by atoms with E-state index in [1.807, 2.05) is 64.1 Å². The van der Waals surface area contributed by atoms with Crippen LogP contribution in [-0.2, 0) is 24.3 Å². The van der Waals surface area contributed by atoms with Gasteiger partial charge in [0.05, 0.1) is 11.8 Å². The maximum absolute atomic E-state index is 13.6. The number of carbonyl (C=O) groups excluding carboxylic acids is 1. The predicted molar refractivity (Wildman–Crippen MR) is 138 cm³/mol. The van der Waals surface area contributed by atoms with E-state index in [-0.39, 0.29) is 24.6 Å². The normalized spacial score (nSPS) is 11.4. The van der Waals surface area contributed by atoms with Gasteiger partial charge in [0, 0.05) is 17.5 Å². The SMILES string of the molecule is CCCc1noc(Cn2cnc3c4cc(C)ccc4n(CC(=O)Nc4ccc(C)c(C)c4)c3c2=O)n1. The largest absolute Gasteiger partial charge is 0.337 e. The van der Waals surface area contributed by atoms with E-state index < -0.39 is 0 Å². The second-order valence-electron chi connectivity index (χ2n) is 9.18. The van der Waals surface area contributed by atoms with Crippen LogP contribution in [0.2, 0.25) is 0 Å². The Bertz CT molecular complexity index is 1660. The van der Waals surface area contributed by atoms with Crippen LogP contribution in [-0.4, -0.2) is 30.2 Å². The van der Waals surface area contributed by atoms with E-state index in [0.29, 0.717) is 29.2 Å². The molecule has 0 fully saturated rings. The molecule has 0 radical (unpaired) electrons. The molecular weight excluding hydrogens is 456 g/mol. The molecule has 2 aromatic carbocycles. The minimum absolute atomic E-state index is 0.0296. The van der Waals surface area contributed by atoms with E-state index in [0.717, 1.165) is 39.7 Å². The van der Waals surface area contributed by atoms with Crippen LogP contribution in [0.15, 0.2) is 52.0 Å². The summed E-state index contributed by atoms with van der Waals surface area (Å²) in [6.45, 7) is 8.13. The van der Waals surface area contributed by atoms with Crippen LogP contribution in [0.3, 0.4) is 0 Å². The van der Waals surface area contributed by atoms with Gasteiger partial charge in [0.15, 0.2) is 5.82 Å². The molecule has 0 bridgehead atoms. The van der Waals surface area contributed by atoms with Crippen molar-refractivity contribution in [2.75, 3.05) is 5.32 Å². The van der Waals surface area contributed by atoms with Crippen LogP contribution >= 0.6 is 0 Å². The summed E-state index contributed by atoms with van der Waals surface area (Å²) in [4.78, 5) is 35.7. The first kappa shape index (κ1) is 23.5. The fourth-order valence-corrected chi connectivity index (χ4v) is 4.38. The van der Waals surface area contributed by atoms with Crippen LogP contribution in [0.1, 0.15) is 41.8 Å². The van der Waals surface area contributed by atoms with Crippen molar-refractivity contribution in [1.82, 2.24) is 24.3 Å². The van der Waals surface area contributed by atoms with E-state index in [4.69, 9.17) is 4.52 Å². The molecule has 0 aliphatic rings. The lowest BCUT2D eigenvalue weighted by atomic mass is 10.1. The zero-order valence-electron chi connectivity index (χ0n) is 20.8. The summed E-state index contributed by atoms with van der Waals surface area (Å²) in [5.74, 6) is 0.725. The van der Waals surface area contributed by atoms with Crippen molar-refractivity contribution >= 4 is 33.5 Å². The highest BCUT2D eigenvalue weighted by Gasteiger charge is 2.20. The highest BCUT2D eigenvalue weighted by atomic mass is 16.5. The van der Waals surface area contributed by atoms with Gasteiger partial charge in [-0.15, -0.1) is 0 Å². The van der Waals surface area contributed by atoms with Crippen molar-refractivity contribution in [3.05, 3.63) is 81.5 Å². The molecule has 5 rings (SSSR count). The van der Waals surface area contributed by atoms with Crippen molar-refractivity contribution in [2.45, 2.75) is 53.6 Å². The first-order valence-electron chi connectivity index (χ1n) is 12.0. The number of fused-ring (bicyclic) bond motifs is 3. The lowest BCUT2D eigenvalue weighted by Crippen LogP contribution is -2.25. The standard InChI is InChI=1S/C27H28N6O3/c1-5-6-22-30-24(36-31-22)14-32-15-28-25-20-11-16(2)7-10-21(20)33(26(25)27(32)35)13-23(34)29-19-9-8-17(3)18(4)12-19/h7-12,15H,5-6,13-14H2,1-4H3,(H,29,34). The Morgan fingerprint density at radius 1 is 1.08 bits per heavy atom. The third-order valence-corrected chi connectivity index (χ3v) is 6.36. The quantitative estimate of drug-likeness (QED) is 0.369. The number of amides is 1. The molecule has 0 unspecified atom stereocenters. The Kier molecular flexibility index (Phi) is 6.13. The van der Waals surface area contributed by atoms with E-state index in [1.165, 1.54) is 10.9 Å². The molecule has 0 spiro atoms. The number of aromatic nitrogens is 5. The summed E-state index contributed by atoms with van der Waals surface area (Å²) in [7, 11) is 0. The Hall–Kier alpha value is -4.27. The molecule has 36 heavy (non-hydrogen) atoms. The van der Waals surface area contributed by atoms with Crippen LogP contribution in [0.5, 0.6) is 0 Å². The Morgan fingerprint density at radius 2 is 1.92 bits per heavy atom. The zero-order chi connectivity index (χ0) is 25.4. The van der Waals surface area contributed by atoms with Crippen LogP contribution < -0.4 is 10.9 Å². The van der Waals surface area contributed by atoms with Gasteiger partial charge in [-0.25, -0.2) is 4.98 Å². The van der Waals surface area contributed by atoms with Gasteiger partial charge >= 0.3 is 0 Å². The number of hydrogen-bond acceptors (Lipinski definition) is 6. The molecule has 3 aromatic heterocycles. The predicted octanol–water partition coefficient (Wildman–Crippen LogP) is 4.30. The summed E-state index contributed by atoms with van der Waals surface area (Å²) >= 11 is 0. The number of aryl methyl sites for hydroxylation is 4. The number of anilines is 1. The monoisotopic (exact) mass is 484 g/mol. The number of hydrogen-bond donors (Lipinski definition) is 1. The molecule has 1 amide bonds. The van der Waals surface area contributed by atoms with Crippen LogP contribution in [0.4, 0.5) is 5.69 Å². The highest BCUT2D eigenvalue weighted by Crippen LogP contribution is 2.27. The van der Waals surface area contributed by atoms with Crippen molar-refractivity contribution in [3.63, 3.8) is 0 Å². The van der Waals surface area contributed by atoms with E-state index in [2.05, 4.69) is 20.4 Å². The van der Waals surface area contributed by atoms with Crippen molar-refractivity contribution in [1.29, 1.82) is 0 Å². The Morgan fingerprint density at radius 3 is 2.69 bits per heavy atom. The van der Waals surface area contributed by atoms with Gasteiger partial charge in [-0.1, -0.05) is 29.8 Å². The Balaban J connectivity index is 1.55. The van der Waals surface area contributed by atoms with Gasteiger partial charge < -0.3 is 14.4 Å². The van der Waals surface area contributed by atoms with Gasteiger partial charge in [0.25, 0.3) is 5.56 Å². The number of nitrogens with one attached hydrogen (secondary N) is 1. The van der Waals surface area contributed by atoms with Gasteiger partial charge in [0.2, 0.25) is 11.8 Å². The molecule has 184 valence electrons. The maximum Gasteiger partial charge on any atom is 0.278 e. The molecule has 0 aliphatic heterocycles. The molecule has 0 atom stereocenters. The minimum atomic E-state index is -0.275. The maximum atomic E-state index is 13.6. The first-order chi connectivity index (χ1) is 17.3. The topological polar surface area (TPSA) is 108 Å². The Labute approximate surface area is 207 Å². The molecular formula is C27H28N6O3. The average molecular weight is 485 g/mol. The number of nitrogens with zero attached hydrogens (tertiary/aromatic N) is 5. The fraction of sp³-hybridized carbons (Fsp3) is 0.296. The first-order valence-corrected chi connectivity index (χ1v) is 12.0. The molecule has 0 aliphatic carbocycles. The van der Waals surface area contributed by atoms with Crippen molar-refractivity contribution in [3.8, 4) is 0 Å². The van der Waals surface area contributed by atoms with Gasteiger partial charge in [-0.05, 0) is 62.6 Å². The highest BCUT2D eigenvalue weighted by molar-refractivity contribution is 6.06. The third-order valence-electron chi connectivity index (χ3n) is 6.36. The number of benzene rings is 2. The summed E-state index contributed by atoms with van der Waals surface area (Å²) in [5, 5.41) is 7.75. The summed E-state index contributed by atoms with van der Waals surface area (Å²) < 4.78 is 8.50. The smallest absolute Gasteiger partial charge is 0.278 e. The molecule has 5 aromatic rings. The second-order valence-corrected chi connectivity index (χ2v) is 9.18. The lowest BCUT2D eigenvalue weighted by Gasteiger charge is -2.10. The second kappa shape index (κ2) is 9.41. The summed E-state index contributed by atoms with van der Waals surface area (Å²) in [6, 6.07) is 11.7. The molecule has 0 saturated heterocycles.